The minimum absolute atomic E-state index is 0.230. The summed E-state index contributed by atoms with van der Waals surface area (Å²) in [5, 5.41) is 13.5. The van der Waals surface area contributed by atoms with E-state index in [9.17, 15) is 18.3 Å². The lowest BCUT2D eigenvalue weighted by molar-refractivity contribution is 0.102. The van der Waals surface area contributed by atoms with Crippen molar-refractivity contribution in [2.24, 2.45) is 0 Å². The first kappa shape index (κ1) is 17.7. The van der Waals surface area contributed by atoms with Gasteiger partial charge < -0.3 is 16.2 Å². The highest BCUT2D eigenvalue weighted by atomic mass is 32.2. The highest BCUT2D eigenvalue weighted by molar-refractivity contribution is 7.86. The zero-order chi connectivity index (χ0) is 19.1. The summed E-state index contributed by atoms with van der Waals surface area (Å²) in [6.45, 7) is 1.87. The molecule has 134 valence electrons. The molecule has 26 heavy (non-hydrogen) atoms. The topological polar surface area (TPSA) is 130 Å². The fourth-order valence-electron chi connectivity index (χ4n) is 2.67. The van der Waals surface area contributed by atoms with Crippen LogP contribution in [0.25, 0.3) is 10.8 Å². The number of nitrogen functional groups attached to an aromatic ring is 1. The number of benzene rings is 3. The maximum Gasteiger partial charge on any atom is 0.298 e. The lowest BCUT2D eigenvalue weighted by Gasteiger charge is -2.10. The van der Waals surface area contributed by atoms with Crippen molar-refractivity contribution in [2.45, 2.75) is 11.8 Å². The van der Waals surface area contributed by atoms with Gasteiger partial charge in [0.1, 0.15) is 10.6 Å². The number of hydrogen-bond donors (Lipinski definition) is 4. The SMILES string of the molecule is Cc1ccc(C(=O)Nc2ccc3c(O)c(S(=O)(=O)O)ccc3c2)c(N)c1. The number of nitrogens with two attached hydrogens (primary N) is 1. The molecule has 0 aromatic heterocycles. The molecule has 0 saturated heterocycles. The fourth-order valence-corrected chi connectivity index (χ4v) is 3.26. The van der Waals surface area contributed by atoms with Gasteiger partial charge in [0.25, 0.3) is 16.0 Å². The lowest BCUT2D eigenvalue weighted by Crippen LogP contribution is -2.14. The van der Waals surface area contributed by atoms with Gasteiger partial charge in [0, 0.05) is 16.8 Å². The number of amides is 1. The molecule has 0 aliphatic carbocycles. The van der Waals surface area contributed by atoms with Gasteiger partial charge in [-0.1, -0.05) is 12.1 Å². The van der Waals surface area contributed by atoms with E-state index in [1.807, 2.05) is 6.92 Å². The minimum Gasteiger partial charge on any atom is -0.506 e. The predicted molar refractivity (Wildman–Crippen MR) is 99.0 cm³/mol. The molecule has 0 aliphatic heterocycles. The maximum atomic E-state index is 12.4. The molecule has 0 fully saturated rings. The number of aromatic hydroxyl groups is 1. The quantitative estimate of drug-likeness (QED) is 0.413. The van der Waals surface area contributed by atoms with E-state index in [1.54, 1.807) is 24.3 Å². The smallest absolute Gasteiger partial charge is 0.298 e. The second-order valence-corrected chi connectivity index (χ2v) is 7.26. The highest BCUT2D eigenvalue weighted by Gasteiger charge is 2.18. The number of carbonyl (C=O) groups excluding carboxylic acids is 1. The molecule has 0 radical (unpaired) electrons. The second kappa shape index (κ2) is 6.32. The van der Waals surface area contributed by atoms with E-state index in [4.69, 9.17) is 10.3 Å². The summed E-state index contributed by atoms with van der Waals surface area (Å²) in [6, 6.07) is 12.2. The van der Waals surface area contributed by atoms with E-state index in [0.29, 0.717) is 22.3 Å². The number of anilines is 2. The summed E-state index contributed by atoms with van der Waals surface area (Å²) >= 11 is 0. The second-order valence-electron chi connectivity index (χ2n) is 5.87. The third kappa shape index (κ3) is 3.32. The molecule has 3 rings (SSSR count). The fraction of sp³-hybridized carbons (Fsp3) is 0.0556. The van der Waals surface area contributed by atoms with E-state index in [0.717, 1.165) is 11.6 Å². The monoisotopic (exact) mass is 372 g/mol. The number of fused-ring (bicyclic) bond motifs is 1. The van der Waals surface area contributed by atoms with E-state index >= 15 is 0 Å². The molecular formula is C18H16N2O5S. The summed E-state index contributed by atoms with van der Waals surface area (Å²) in [5.74, 6) is -0.939. The summed E-state index contributed by atoms with van der Waals surface area (Å²) < 4.78 is 31.6. The number of rotatable bonds is 3. The molecule has 5 N–H and O–H groups in total. The van der Waals surface area contributed by atoms with E-state index < -0.39 is 20.8 Å². The van der Waals surface area contributed by atoms with Gasteiger partial charge in [0.15, 0.2) is 0 Å². The maximum absolute atomic E-state index is 12.4. The summed E-state index contributed by atoms with van der Waals surface area (Å²) in [6.07, 6.45) is 0. The first-order chi connectivity index (χ1) is 12.2. The number of hydrogen-bond acceptors (Lipinski definition) is 5. The molecular weight excluding hydrogens is 356 g/mol. The number of nitrogens with one attached hydrogen (secondary N) is 1. The Hall–Kier alpha value is -3.10. The summed E-state index contributed by atoms with van der Waals surface area (Å²) in [4.78, 5) is 11.8. The first-order valence-corrected chi connectivity index (χ1v) is 9.01. The molecule has 7 nitrogen and oxygen atoms in total. The van der Waals surface area contributed by atoms with Crippen molar-refractivity contribution in [3.05, 3.63) is 59.7 Å². The van der Waals surface area contributed by atoms with Crippen LogP contribution in [0.4, 0.5) is 11.4 Å². The van der Waals surface area contributed by atoms with Crippen molar-refractivity contribution in [3.63, 3.8) is 0 Å². The third-order valence-electron chi connectivity index (χ3n) is 3.94. The van der Waals surface area contributed by atoms with Crippen LogP contribution in [-0.4, -0.2) is 24.0 Å². The van der Waals surface area contributed by atoms with Gasteiger partial charge in [-0.05, 0) is 54.3 Å². The molecule has 1 amide bonds. The normalized spacial score (nSPS) is 11.5. The Bertz CT molecular complexity index is 1140. The van der Waals surface area contributed by atoms with Crippen LogP contribution in [0.5, 0.6) is 5.75 Å². The summed E-state index contributed by atoms with van der Waals surface area (Å²) in [5.41, 5.74) is 7.95. The standard InChI is InChI=1S/C18H16N2O5S/c1-10-2-5-14(15(19)8-10)18(22)20-12-4-6-13-11(9-12)3-7-16(17(13)21)26(23,24)25/h2-9,21H,19H2,1H3,(H,20,22)(H,23,24,25). The third-order valence-corrected chi connectivity index (χ3v) is 4.83. The molecule has 8 heteroatoms. The van der Waals surface area contributed by atoms with Crippen molar-refractivity contribution < 1.29 is 22.9 Å². The van der Waals surface area contributed by atoms with Crippen LogP contribution in [0.2, 0.25) is 0 Å². The average Bonchev–Trinajstić information content (AvgIpc) is 2.53. The molecule has 0 heterocycles. The van der Waals surface area contributed by atoms with Gasteiger partial charge in [0.2, 0.25) is 0 Å². The summed E-state index contributed by atoms with van der Waals surface area (Å²) in [7, 11) is -4.53. The van der Waals surface area contributed by atoms with Gasteiger partial charge in [-0.2, -0.15) is 8.42 Å². The molecule has 0 atom stereocenters. The Morgan fingerprint density at radius 3 is 2.46 bits per heavy atom. The number of aryl methyl sites for hydroxylation is 1. The number of carbonyl (C=O) groups is 1. The molecule has 0 spiro atoms. The molecule has 3 aromatic carbocycles. The molecule has 0 bridgehead atoms. The van der Waals surface area contributed by atoms with Crippen molar-refractivity contribution in [3.8, 4) is 5.75 Å². The minimum atomic E-state index is -4.53. The Labute approximate surface area is 149 Å². The van der Waals surface area contributed by atoms with Crippen molar-refractivity contribution in [2.75, 3.05) is 11.1 Å². The molecule has 0 saturated carbocycles. The predicted octanol–water partition coefficient (Wildman–Crippen LogP) is 2.94. The van der Waals surface area contributed by atoms with Gasteiger partial charge in [-0.15, -0.1) is 0 Å². The lowest BCUT2D eigenvalue weighted by atomic mass is 10.1. The van der Waals surface area contributed by atoms with Gasteiger partial charge in [-0.25, -0.2) is 0 Å². The van der Waals surface area contributed by atoms with E-state index in [-0.39, 0.29) is 11.3 Å². The zero-order valence-corrected chi connectivity index (χ0v) is 14.5. The molecule has 3 aromatic rings. The first-order valence-electron chi connectivity index (χ1n) is 7.57. The van der Waals surface area contributed by atoms with E-state index in [2.05, 4.69) is 5.32 Å². The van der Waals surface area contributed by atoms with Crippen LogP contribution in [0.3, 0.4) is 0 Å². The van der Waals surface area contributed by atoms with Crippen molar-refractivity contribution in [1.82, 2.24) is 0 Å². The van der Waals surface area contributed by atoms with Crippen LogP contribution in [-0.2, 0) is 10.1 Å². The Kier molecular flexibility index (Phi) is 4.31. The van der Waals surface area contributed by atoms with Gasteiger partial charge >= 0.3 is 0 Å². The van der Waals surface area contributed by atoms with Crippen LogP contribution in [0, 0.1) is 6.92 Å². The Balaban J connectivity index is 1.96. The zero-order valence-electron chi connectivity index (χ0n) is 13.7. The number of phenols is 1. The van der Waals surface area contributed by atoms with Crippen LogP contribution in [0.1, 0.15) is 15.9 Å². The van der Waals surface area contributed by atoms with Crippen molar-refractivity contribution >= 4 is 38.2 Å². The van der Waals surface area contributed by atoms with Crippen molar-refractivity contribution in [1.29, 1.82) is 0 Å². The van der Waals surface area contributed by atoms with Crippen LogP contribution >= 0.6 is 0 Å². The van der Waals surface area contributed by atoms with E-state index in [1.165, 1.54) is 18.2 Å². The van der Waals surface area contributed by atoms with Crippen LogP contribution in [0.15, 0.2) is 53.4 Å². The highest BCUT2D eigenvalue weighted by Crippen LogP contribution is 2.33. The largest absolute Gasteiger partial charge is 0.506 e. The Morgan fingerprint density at radius 2 is 1.81 bits per heavy atom. The number of phenolic OH excluding ortho intramolecular Hbond substituents is 1. The van der Waals surface area contributed by atoms with Gasteiger partial charge in [-0.3, -0.25) is 9.35 Å². The van der Waals surface area contributed by atoms with Crippen LogP contribution < -0.4 is 11.1 Å². The Morgan fingerprint density at radius 1 is 1.08 bits per heavy atom. The molecule has 0 unspecified atom stereocenters. The van der Waals surface area contributed by atoms with Gasteiger partial charge in [0.05, 0.1) is 5.56 Å². The average molecular weight is 372 g/mol. The molecule has 0 aliphatic rings.